The predicted molar refractivity (Wildman–Crippen MR) is 92.6 cm³/mol. The van der Waals surface area contributed by atoms with Crippen molar-refractivity contribution in [3.8, 4) is 0 Å². The first kappa shape index (κ1) is 18.3. The molecular weight excluding hydrogens is 272 g/mol. The Bertz CT molecular complexity index is 378. The van der Waals surface area contributed by atoms with Gasteiger partial charge in [-0.25, -0.2) is 0 Å². The Morgan fingerprint density at radius 2 is 1.73 bits per heavy atom. The van der Waals surface area contributed by atoms with Crippen molar-refractivity contribution in [3.63, 3.8) is 0 Å². The molecule has 0 saturated heterocycles. The van der Waals surface area contributed by atoms with E-state index in [-0.39, 0.29) is 22.7 Å². The van der Waals surface area contributed by atoms with Crippen LogP contribution in [0.4, 0.5) is 0 Å². The van der Waals surface area contributed by atoms with E-state index in [1.165, 1.54) is 38.5 Å². The van der Waals surface area contributed by atoms with E-state index in [0.717, 1.165) is 5.92 Å². The first-order chi connectivity index (χ1) is 10.1. The van der Waals surface area contributed by atoms with Crippen LogP contribution in [-0.4, -0.2) is 22.4 Å². The van der Waals surface area contributed by atoms with Crippen LogP contribution in [0.25, 0.3) is 0 Å². The van der Waals surface area contributed by atoms with Gasteiger partial charge < -0.3 is 10.2 Å². The first-order valence-electron chi connectivity index (χ1n) is 9.51. The highest BCUT2D eigenvalue weighted by molar-refractivity contribution is 5.08. The molecule has 2 fully saturated rings. The summed E-state index contributed by atoms with van der Waals surface area (Å²) >= 11 is 0. The molecule has 22 heavy (non-hydrogen) atoms. The Balaban J connectivity index is 2.30. The number of aliphatic hydroxyl groups excluding tert-OH is 2. The van der Waals surface area contributed by atoms with Gasteiger partial charge in [-0.05, 0) is 53.8 Å². The third kappa shape index (κ3) is 2.98. The Morgan fingerprint density at radius 3 is 2.32 bits per heavy atom. The second kappa shape index (κ2) is 6.43. The second-order valence-electron chi connectivity index (χ2n) is 9.36. The third-order valence-corrected chi connectivity index (χ3v) is 7.47. The van der Waals surface area contributed by atoms with E-state index in [0.29, 0.717) is 5.92 Å². The summed E-state index contributed by atoms with van der Waals surface area (Å²) in [7, 11) is 0. The minimum Gasteiger partial charge on any atom is -0.390 e. The van der Waals surface area contributed by atoms with Gasteiger partial charge in [-0.1, -0.05) is 60.8 Å². The van der Waals surface area contributed by atoms with E-state index in [4.69, 9.17) is 0 Å². The van der Waals surface area contributed by atoms with Crippen LogP contribution in [-0.2, 0) is 0 Å². The number of rotatable bonds is 4. The quantitative estimate of drug-likeness (QED) is 0.794. The summed E-state index contributed by atoms with van der Waals surface area (Å²) < 4.78 is 0. The van der Waals surface area contributed by atoms with E-state index < -0.39 is 12.2 Å². The minimum atomic E-state index is -0.560. The summed E-state index contributed by atoms with van der Waals surface area (Å²) in [5, 5.41) is 21.5. The van der Waals surface area contributed by atoms with Crippen molar-refractivity contribution in [2.75, 3.05) is 0 Å². The smallest absolute Gasteiger partial charge is 0.0840 e. The Morgan fingerprint density at radius 1 is 1.09 bits per heavy atom. The molecule has 2 saturated carbocycles. The van der Waals surface area contributed by atoms with Crippen LogP contribution in [0.1, 0.15) is 80.1 Å². The zero-order valence-corrected chi connectivity index (χ0v) is 15.6. The van der Waals surface area contributed by atoms with Crippen LogP contribution in [0.2, 0.25) is 0 Å². The van der Waals surface area contributed by atoms with Crippen LogP contribution >= 0.6 is 0 Å². The molecule has 7 atom stereocenters. The van der Waals surface area contributed by atoms with Gasteiger partial charge in [-0.2, -0.15) is 0 Å². The van der Waals surface area contributed by atoms with Crippen molar-refractivity contribution in [1.29, 1.82) is 0 Å². The lowest BCUT2D eigenvalue weighted by molar-refractivity contribution is -0.208. The fourth-order valence-electron chi connectivity index (χ4n) is 6.00. The Kier molecular flexibility index (Phi) is 5.34. The van der Waals surface area contributed by atoms with Gasteiger partial charge >= 0.3 is 0 Å². The average molecular weight is 311 g/mol. The number of hydrogen-bond donors (Lipinski definition) is 2. The molecule has 2 aliphatic rings. The van der Waals surface area contributed by atoms with Gasteiger partial charge in [0.05, 0.1) is 12.2 Å². The molecule has 0 heterocycles. The Hall–Kier alpha value is -0.0800. The van der Waals surface area contributed by atoms with E-state index in [2.05, 4.69) is 41.5 Å². The van der Waals surface area contributed by atoms with E-state index in [1.807, 2.05) is 0 Å². The average Bonchev–Trinajstić information content (AvgIpc) is 2.43. The molecule has 2 heteroatoms. The summed E-state index contributed by atoms with van der Waals surface area (Å²) in [4.78, 5) is 0. The predicted octanol–water partition coefficient (Wildman–Crippen LogP) is 4.63. The van der Waals surface area contributed by atoms with Crippen molar-refractivity contribution < 1.29 is 10.2 Å². The maximum Gasteiger partial charge on any atom is 0.0840 e. The Labute approximate surface area is 137 Å². The SMILES string of the molecule is CC[C@@H](C)CC[C@H]1[C@@H](C)[C@@H](O)[C@@H](O)[C@H]2C(C)(C)CCC[C@]12C. The summed E-state index contributed by atoms with van der Waals surface area (Å²) in [6.07, 6.45) is 6.20. The maximum atomic E-state index is 10.8. The third-order valence-electron chi connectivity index (χ3n) is 7.47. The summed E-state index contributed by atoms with van der Waals surface area (Å²) in [5.74, 6) is 1.72. The summed E-state index contributed by atoms with van der Waals surface area (Å²) in [5.41, 5.74) is 0.301. The topological polar surface area (TPSA) is 40.5 Å². The van der Waals surface area contributed by atoms with E-state index >= 15 is 0 Å². The lowest BCUT2D eigenvalue weighted by atomic mass is 9.44. The molecule has 2 rings (SSSR count). The molecule has 0 bridgehead atoms. The van der Waals surface area contributed by atoms with Gasteiger partial charge in [0.15, 0.2) is 0 Å². The molecular formula is C20H38O2. The molecule has 2 aliphatic carbocycles. The zero-order chi connectivity index (χ0) is 16.7. The van der Waals surface area contributed by atoms with Crippen LogP contribution in [0.15, 0.2) is 0 Å². The van der Waals surface area contributed by atoms with Crippen LogP contribution in [0.5, 0.6) is 0 Å². The lowest BCUT2D eigenvalue weighted by Gasteiger charge is -2.62. The van der Waals surface area contributed by atoms with Crippen molar-refractivity contribution in [2.45, 2.75) is 92.3 Å². The van der Waals surface area contributed by atoms with Gasteiger partial charge in [0.2, 0.25) is 0 Å². The highest BCUT2D eigenvalue weighted by Gasteiger charge is 2.59. The zero-order valence-electron chi connectivity index (χ0n) is 15.6. The maximum absolute atomic E-state index is 10.8. The fourth-order valence-corrected chi connectivity index (χ4v) is 6.00. The molecule has 0 aromatic heterocycles. The van der Waals surface area contributed by atoms with Crippen molar-refractivity contribution >= 4 is 0 Å². The van der Waals surface area contributed by atoms with Crippen molar-refractivity contribution in [3.05, 3.63) is 0 Å². The molecule has 0 aromatic rings. The molecule has 0 amide bonds. The van der Waals surface area contributed by atoms with Gasteiger partial charge in [0.25, 0.3) is 0 Å². The highest BCUT2D eigenvalue weighted by atomic mass is 16.3. The molecule has 0 unspecified atom stereocenters. The van der Waals surface area contributed by atoms with E-state index in [9.17, 15) is 10.2 Å². The molecule has 0 aromatic carbocycles. The molecule has 0 aliphatic heterocycles. The standard InChI is InChI=1S/C20H38O2/c1-7-13(2)9-10-15-14(3)16(21)17(22)18-19(4,5)11-8-12-20(15,18)6/h13-18,21-22H,7-12H2,1-6H3/t13-,14-,15+,16-,17-,18+,20-/m1/s1. The lowest BCUT2D eigenvalue weighted by Crippen LogP contribution is -2.62. The van der Waals surface area contributed by atoms with E-state index in [1.54, 1.807) is 0 Å². The van der Waals surface area contributed by atoms with Gasteiger partial charge in [0, 0.05) is 0 Å². The summed E-state index contributed by atoms with van der Waals surface area (Å²) in [6, 6.07) is 0. The molecule has 2 N–H and O–H groups in total. The monoisotopic (exact) mass is 310 g/mol. The number of aliphatic hydroxyl groups is 2. The van der Waals surface area contributed by atoms with Crippen LogP contribution in [0.3, 0.4) is 0 Å². The van der Waals surface area contributed by atoms with Gasteiger partial charge in [0.1, 0.15) is 0 Å². The number of fused-ring (bicyclic) bond motifs is 1. The summed E-state index contributed by atoms with van der Waals surface area (Å²) in [6.45, 7) is 13.8. The van der Waals surface area contributed by atoms with Crippen LogP contribution in [0, 0.1) is 34.5 Å². The van der Waals surface area contributed by atoms with Gasteiger partial charge in [-0.3, -0.25) is 0 Å². The second-order valence-corrected chi connectivity index (χ2v) is 9.36. The largest absolute Gasteiger partial charge is 0.390 e. The van der Waals surface area contributed by atoms with Crippen molar-refractivity contribution in [2.24, 2.45) is 34.5 Å². The normalized spacial score (nSPS) is 46.1. The molecule has 130 valence electrons. The molecule has 0 radical (unpaired) electrons. The number of hydrogen-bond acceptors (Lipinski definition) is 2. The van der Waals surface area contributed by atoms with Crippen molar-refractivity contribution in [1.82, 2.24) is 0 Å². The minimum absolute atomic E-state index is 0.127. The fraction of sp³-hybridized carbons (Fsp3) is 1.00. The van der Waals surface area contributed by atoms with Gasteiger partial charge in [-0.15, -0.1) is 0 Å². The molecule has 0 spiro atoms. The molecule has 2 nitrogen and oxygen atoms in total. The van der Waals surface area contributed by atoms with Crippen LogP contribution < -0.4 is 0 Å². The first-order valence-corrected chi connectivity index (χ1v) is 9.51. The highest BCUT2D eigenvalue weighted by Crippen LogP contribution is 2.62.